The molecule has 0 spiro atoms. The molecule has 0 unspecified atom stereocenters. The summed E-state index contributed by atoms with van der Waals surface area (Å²) >= 11 is 0. The lowest BCUT2D eigenvalue weighted by atomic mass is 10.2. The number of anilines is 1. The largest absolute Gasteiger partial charge is 0.480 e. The second-order valence-corrected chi connectivity index (χ2v) is 5.65. The Kier molecular flexibility index (Phi) is 4.65. The van der Waals surface area contributed by atoms with Crippen molar-refractivity contribution in [3.63, 3.8) is 0 Å². The van der Waals surface area contributed by atoms with E-state index in [1.165, 1.54) is 0 Å². The maximum absolute atomic E-state index is 12.3. The van der Waals surface area contributed by atoms with E-state index in [4.69, 9.17) is 5.11 Å². The second-order valence-electron chi connectivity index (χ2n) is 5.65. The van der Waals surface area contributed by atoms with Crippen LogP contribution in [0.25, 0.3) is 5.65 Å². The predicted octanol–water partition coefficient (Wildman–Crippen LogP) is 2.07. The molecule has 7 nitrogen and oxygen atoms in total. The highest BCUT2D eigenvalue weighted by Gasteiger charge is 2.09. The molecule has 2 heterocycles. The van der Waals surface area contributed by atoms with Gasteiger partial charge in [0.1, 0.15) is 12.2 Å². The summed E-state index contributed by atoms with van der Waals surface area (Å²) in [6.45, 7) is 2.13. The third kappa shape index (κ3) is 3.77. The summed E-state index contributed by atoms with van der Waals surface area (Å²) < 4.78 is 1.94. The van der Waals surface area contributed by atoms with Crippen molar-refractivity contribution in [1.82, 2.24) is 14.7 Å². The Labute approximate surface area is 144 Å². The molecule has 128 valence electrons. The highest BCUT2D eigenvalue weighted by Crippen LogP contribution is 2.12. The molecular weight excluding hydrogens is 320 g/mol. The molecule has 0 radical (unpaired) electrons. The van der Waals surface area contributed by atoms with Gasteiger partial charge < -0.3 is 20.1 Å². The van der Waals surface area contributed by atoms with Gasteiger partial charge in [-0.1, -0.05) is 12.1 Å². The van der Waals surface area contributed by atoms with E-state index in [-0.39, 0.29) is 12.5 Å². The number of carbonyl (C=O) groups is 2. The molecule has 7 heteroatoms. The smallest absolute Gasteiger partial charge is 0.322 e. The lowest BCUT2D eigenvalue weighted by Gasteiger charge is -2.08. The number of fused-ring (bicyclic) bond motifs is 1. The molecule has 0 aliphatic heterocycles. The van der Waals surface area contributed by atoms with E-state index in [1.807, 2.05) is 29.7 Å². The average Bonchev–Trinajstić information content (AvgIpc) is 3.02. The number of benzene rings is 1. The Morgan fingerprint density at radius 3 is 2.88 bits per heavy atom. The van der Waals surface area contributed by atoms with Crippen molar-refractivity contribution < 1.29 is 14.7 Å². The van der Waals surface area contributed by atoms with Gasteiger partial charge in [0.25, 0.3) is 5.91 Å². The lowest BCUT2D eigenvalue weighted by Crippen LogP contribution is -2.23. The first-order valence-electron chi connectivity index (χ1n) is 7.80. The molecule has 3 aromatic rings. The molecule has 1 amide bonds. The van der Waals surface area contributed by atoms with E-state index >= 15 is 0 Å². The molecule has 0 aliphatic carbocycles. The summed E-state index contributed by atoms with van der Waals surface area (Å²) in [5.74, 6) is -1.20. The van der Waals surface area contributed by atoms with E-state index in [1.54, 1.807) is 30.5 Å². The van der Waals surface area contributed by atoms with Crippen molar-refractivity contribution in [1.29, 1.82) is 0 Å². The second kappa shape index (κ2) is 7.04. The summed E-state index contributed by atoms with van der Waals surface area (Å²) in [5, 5.41) is 14.3. The molecule has 3 rings (SSSR count). The number of hydrogen-bond donors (Lipinski definition) is 3. The number of aryl methyl sites for hydroxylation is 1. The van der Waals surface area contributed by atoms with Gasteiger partial charge in [0.2, 0.25) is 0 Å². The third-order valence-electron chi connectivity index (χ3n) is 3.81. The van der Waals surface area contributed by atoms with Crippen molar-refractivity contribution in [2.45, 2.75) is 13.5 Å². The van der Waals surface area contributed by atoms with E-state index in [0.717, 1.165) is 16.9 Å². The van der Waals surface area contributed by atoms with Gasteiger partial charge in [-0.05, 0) is 36.8 Å². The number of nitrogens with zero attached hydrogens (tertiary/aromatic N) is 2. The topological polar surface area (TPSA) is 95.7 Å². The van der Waals surface area contributed by atoms with E-state index in [2.05, 4.69) is 15.6 Å². The molecular formula is C18H18N4O3. The van der Waals surface area contributed by atoms with Gasteiger partial charge >= 0.3 is 5.97 Å². The van der Waals surface area contributed by atoms with Gasteiger partial charge in [0.15, 0.2) is 0 Å². The minimum atomic E-state index is -0.960. The molecule has 0 saturated heterocycles. The number of aliphatic carboxylic acids is 1. The molecule has 0 aliphatic rings. The maximum atomic E-state index is 12.3. The predicted molar refractivity (Wildman–Crippen MR) is 93.7 cm³/mol. The average molecular weight is 338 g/mol. The molecule has 0 fully saturated rings. The molecule has 0 bridgehead atoms. The Morgan fingerprint density at radius 1 is 1.24 bits per heavy atom. The van der Waals surface area contributed by atoms with Gasteiger partial charge in [-0.25, -0.2) is 4.98 Å². The van der Waals surface area contributed by atoms with Crippen molar-refractivity contribution in [2.75, 3.05) is 11.9 Å². The van der Waals surface area contributed by atoms with Crippen LogP contribution < -0.4 is 10.6 Å². The molecule has 2 aromatic heterocycles. The number of rotatable bonds is 6. The van der Waals surface area contributed by atoms with Crippen molar-refractivity contribution in [2.24, 2.45) is 0 Å². The summed E-state index contributed by atoms with van der Waals surface area (Å²) in [6, 6.07) is 10.6. The number of carbonyl (C=O) groups excluding carboxylic acids is 1. The zero-order valence-electron chi connectivity index (χ0n) is 13.7. The Morgan fingerprint density at radius 2 is 2.08 bits per heavy atom. The van der Waals surface area contributed by atoms with E-state index in [0.29, 0.717) is 17.8 Å². The highest BCUT2D eigenvalue weighted by atomic mass is 16.4. The number of carboxylic acid groups (broad SMARTS) is 1. The van der Waals surface area contributed by atoms with Gasteiger partial charge in [0, 0.05) is 17.4 Å². The number of hydrogen-bond acceptors (Lipinski definition) is 4. The highest BCUT2D eigenvalue weighted by molar-refractivity contribution is 5.95. The fourth-order valence-corrected chi connectivity index (χ4v) is 2.55. The summed E-state index contributed by atoms with van der Waals surface area (Å²) in [7, 11) is 0. The normalized spacial score (nSPS) is 10.6. The number of amides is 1. The SMILES string of the molecule is Cc1cccn2c(CNC(=O)c3cccc(NCC(=O)O)c3)cnc12. The monoisotopic (exact) mass is 338 g/mol. The first-order valence-corrected chi connectivity index (χ1v) is 7.80. The van der Waals surface area contributed by atoms with Crippen LogP contribution in [0, 0.1) is 6.92 Å². The molecule has 1 aromatic carbocycles. The summed E-state index contributed by atoms with van der Waals surface area (Å²) in [6.07, 6.45) is 3.65. The number of imidazole rings is 1. The fraction of sp³-hybridized carbons (Fsp3) is 0.167. The number of pyridine rings is 1. The van der Waals surface area contributed by atoms with Gasteiger partial charge in [-0.2, -0.15) is 0 Å². The van der Waals surface area contributed by atoms with Crippen molar-refractivity contribution in [3.8, 4) is 0 Å². The van der Waals surface area contributed by atoms with Crippen LogP contribution in [0.3, 0.4) is 0 Å². The van der Waals surface area contributed by atoms with Crippen LogP contribution in [0.2, 0.25) is 0 Å². The number of aromatic nitrogens is 2. The first kappa shape index (κ1) is 16.5. The third-order valence-corrected chi connectivity index (χ3v) is 3.81. The zero-order chi connectivity index (χ0) is 17.8. The minimum Gasteiger partial charge on any atom is -0.480 e. The fourth-order valence-electron chi connectivity index (χ4n) is 2.55. The number of nitrogens with one attached hydrogen (secondary N) is 2. The minimum absolute atomic E-state index is 0.202. The summed E-state index contributed by atoms with van der Waals surface area (Å²) in [4.78, 5) is 27.3. The van der Waals surface area contributed by atoms with Gasteiger partial charge in [-0.15, -0.1) is 0 Å². The van der Waals surface area contributed by atoms with Crippen LogP contribution in [0.1, 0.15) is 21.6 Å². The van der Waals surface area contributed by atoms with Crippen LogP contribution in [-0.4, -0.2) is 32.9 Å². The molecule has 25 heavy (non-hydrogen) atoms. The maximum Gasteiger partial charge on any atom is 0.322 e. The van der Waals surface area contributed by atoms with Gasteiger partial charge in [-0.3, -0.25) is 9.59 Å². The first-order chi connectivity index (χ1) is 12.0. The zero-order valence-corrected chi connectivity index (χ0v) is 13.7. The van der Waals surface area contributed by atoms with Crippen LogP contribution in [0.4, 0.5) is 5.69 Å². The Hall–Kier alpha value is -3.35. The standard InChI is InChI=1S/C18H18N4O3/c1-12-4-3-7-22-15(9-20-17(12)22)10-21-18(25)13-5-2-6-14(8-13)19-11-16(23)24/h2-9,19H,10-11H2,1H3,(H,21,25)(H,23,24). The quantitative estimate of drug-likeness (QED) is 0.639. The van der Waals surface area contributed by atoms with E-state index in [9.17, 15) is 9.59 Å². The molecule has 0 saturated carbocycles. The lowest BCUT2D eigenvalue weighted by molar-refractivity contribution is -0.134. The van der Waals surface area contributed by atoms with Crippen LogP contribution in [-0.2, 0) is 11.3 Å². The van der Waals surface area contributed by atoms with Crippen molar-refractivity contribution in [3.05, 3.63) is 65.6 Å². The Bertz CT molecular complexity index is 933. The molecule has 0 atom stereocenters. The van der Waals surface area contributed by atoms with Crippen LogP contribution in [0.15, 0.2) is 48.8 Å². The number of carboxylic acids is 1. The van der Waals surface area contributed by atoms with E-state index < -0.39 is 5.97 Å². The van der Waals surface area contributed by atoms with Crippen LogP contribution in [0.5, 0.6) is 0 Å². The van der Waals surface area contributed by atoms with Crippen molar-refractivity contribution >= 4 is 23.2 Å². The van der Waals surface area contributed by atoms with Crippen LogP contribution >= 0.6 is 0 Å². The van der Waals surface area contributed by atoms with Gasteiger partial charge in [0.05, 0.1) is 18.4 Å². The molecule has 3 N–H and O–H groups in total. The Balaban J connectivity index is 1.69. The summed E-state index contributed by atoms with van der Waals surface area (Å²) in [5.41, 5.74) is 3.86.